The van der Waals surface area contributed by atoms with Crippen LogP contribution in [0.25, 0.3) is 0 Å². The molecule has 0 aliphatic heterocycles. The summed E-state index contributed by atoms with van der Waals surface area (Å²) in [6.07, 6.45) is 1.35. The Balaban J connectivity index is 2.51. The van der Waals surface area contributed by atoms with Gasteiger partial charge in [0, 0.05) is 18.9 Å². The first-order chi connectivity index (χ1) is 8.00. The minimum absolute atomic E-state index is 0.00189. The summed E-state index contributed by atoms with van der Waals surface area (Å²) < 4.78 is 0. The molecule has 2 unspecified atom stereocenters. The number of aromatic nitrogens is 2. The Kier molecular flexibility index (Phi) is 5.54. The largest absolute Gasteiger partial charge is 0.390 e. The van der Waals surface area contributed by atoms with Crippen LogP contribution in [0.15, 0.2) is 12.4 Å². The van der Waals surface area contributed by atoms with Crippen molar-refractivity contribution in [2.24, 2.45) is 0 Å². The molecule has 5 nitrogen and oxygen atoms in total. The highest BCUT2D eigenvalue weighted by Gasteiger charge is 2.20. The number of rotatable bonds is 5. The quantitative estimate of drug-likeness (QED) is 0.812. The van der Waals surface area contributed by atoms with Crippen molar-refractivity contribution in [3.05, 3.63) is 23.8 Å². The Morgan fingerprint density at radius 3 is 2.76 bits per heavy atom. The number of thioether (sulfide) groups is 1. The summed E-state index contributed by atoms with van der Waals surface area (Å²) in [5, 5.41) is 19.6. The van der Waals surface area contributed by atoms with Crippen molar-refractivity contribution in [2.45, 2.75) is 32.5 Å². The number of aliphatic hydroxyl groups is 2. The standard InChI is InChI=1S/C11H16N2O3S/c1-7-5-12-6-9(13-7)11(16)10(15)3-4-17-8(2)14/h5-6,10-11,15-16H,3-4H2,1-2H3. The number of aliphatic hydroxyl groups excluding tert-OH is 2. The molecule has 0 radical (unpaired) electrons. The Morgan fingerprint density at radius 1 is 1.47 bits per heavy atom. The van der Waals surface area contributed by atoms with Gasteiger partial charge in [-0.3, -0.25) is 14.8 Å². The van der Waals surface area contributed by atoms with Gasteiger partial charge in [-0.2, -0.15) is 0 Å². The molecule has 0 spiro atoms. The fourth-order valence-corrected chi connectivity index (χ4v) is 1.95. The number of hydrogen-bond acceptors (Lipinski definition) is 6. The number of carbonyl (C=O) groups excluding carboxylic acids is 1. The molecule has 1 heterocycles. The Bertz CT molecular complexity index is 387. The van der Waals surface area contributed by atoms with Gasteiger partial charge in [0.2, 0.25) is 0 Å². The van der Waals surface area contributed by atoms with Crippen LogP contribution in [0.5, 0.6) is 0 Å². The van der Waals surface area contributed by atoms with Crippen LogP contribution >= 0.6 is 11.8 Å². The first-order valence-corrected chi connectivity index (χ1v) is 6.27. The van der Waals surface area contributed by atoms with E-state index in [2.05, 4.69) is 9.97 Å². The zero-order valence-corrected chi connectivity index (χ0v) is 10.6. The highest BCUT2D eigenvalue weighted by molar-refractivity contribution is 8.13. The Morgan fingerprint density at radius 2 is 2.18 bits per heavy atom. The molecule has 0 aromatic carbocycles. The summed E-state index contributed by atoms with van der Waals surface area (Å²) in [5.41, 5.74) is 1.04. The van der Waals surface area contributed by atoms with Gasteiger partial charge in [0.1, 0.15) is 6.10 Å². The van der Waals surface area contributed by atoms with E-state index in [1.165, 1.54) is 13.1 Å². The molecule has 6 heteroatoms. The molecule has 17 heavy (non-hydrogen) atoms. The van der Waals surface area contributed by atoms with Gasteiger partial charge in [-0.15, -0.1) is 0 Å². The van der Waals surface area contributed by atoms with Crippen molar-refractivity contribution in [1.29, 1.82) is 0 Å². The summed E-state index contributed by atoms with van der Waals surface area (Å²) in [7, 11) is 0. The van der Waals surface area contributed by atoms with Gasteiger partial charge in [0.25, 0.3) is 0 Å². The van der Waals surface area contributed by atoms with E-state index in [-0.39, 0.29) is 5.12 Å². The van der Waals surface area contributed by atoms with Gasteiger partial charge in [-0.05, 0) is 13.3 Å². The summed E-state index contributed by atoms with van der Waals surface area (Å²) in [4.78, 5) is 18.7. The van der Waals surface area contributed by atoms with Gasteiger partial charge in [-0.1, -0.05) is 11.8 Å². The van der Waals surface area contributed by atoms with Crippen molar-refractivity contribution in [3.63, 3.8) is 0 Å². The molecule has 1 aromatic heterocycles. The molecule has 0 saturated carbocycles. The third kappa shape index (κ3) is 4.80. The number of hydrogen-bond donors (Lipinski definition) is 2. The average molecular weight is 256 g/mol. The highest BCUT2D eigenvalue weighted by atomic mass is 32.2. The van der Waals surface area contributed by atoms with Crippen LogP contribution in [0, 0.1) is 6.92 Å². The molecule has 1 rings (SSSR count). The second kappa shape index (κ2) is 6.68. The van der Waals surface area contributed by atoms with Crippen LogP contribution in [-0.2, 0) is 4.79 Å². The van der Waals surface area contributed by atoms with E-state index in [1.807, 2.05) is 0 Å². The molecule has 0 fully saturated rings. The van der Waals surface area contributed by atoms with Crippen molar-refractivity contribution in [1.82, 2.24) is 9.97 Å². The molecule has 0 bridgehead atoms. The fraction of sp³-hybridized carbons (Fsp3) is 0.545. The van der Waals surface area contributed by atoms with Gasteiger partial charge < -0.3 is 10.2 Å². The third-order valence-electron chi connectivity index (χ3n) is 2.16. The van der Waals surface area contributed by atoms with Gasteiger partial charge >= 0.3 is 0 Å². The van der Waals surface area contributed by atoms with Crippen LogP contribution in [0.4, 0.5) is 0 Å². The second-order valence-electron chi connectivity index (χ2n) is 3.73. The molecule has 0 saturated heterocycles. The monoisotopic (exact) mass is 256 g/mol. The minimum atomic E-state index is -1.06. The van der Waals surface area contributed by atoms with Crippen molar-refractivity contribution < 1.29 is 15.0 Å². The van der Waals surface area contributed by atoms with E-state index < -0.39 is 12.2 Å². The molecule has 1 aromatic rings. The Hall–Kier alpha value is -0.980. The molecular weight excluding hydrogens is 240 g/mol. The molecule has 2 atom stereocenters. The van der Waals surface area contributed by atoms with Crippen molar-refractivity contribution in [3.8, 4) is 0 Å². The summed E-state index contributed by atoms with van der Waals surface area (Å²) in [6, 6.07) is 0. The predicted molar refractivity (Wildman–Crippen MR) is 65.5 cm³/mol. The average Bonchev–Trinajstić information content (AvgIpc) is 2.27. The number of nitrogens with zero attached hydrogens (tertiary/aromatic N) is 2. The SMILES string of the molecule is CC(=O)SCCC(O)C(O)c1cncc(C)n1. The lowest BCUT2D eigenvalue weighted by molar-refractivity contribution is -0.109. The smallest absolute Gasteiger partial charge is 0.185 e. The molecular formula is C11H16N2O3S. The summed E-state index contributed by atoms with van der Waals surface area (Å²) in [6.45, 7) is 3.24. The summed E-state index contributed by atoms with van der Waals surface area (Å²) in [5.74, 6) is 0.479. The van der Waals surface area contributed by atoms with E-state index in [9.17, 15) is 15.0 Å². The number of carbonyl (C=O) groups is 1. The van der Waals surface area contributed by atoms with Gasteiger partial charge in [-0.25, -0.2) is 0 Å². The van der Waals surface area contributed by atoms with E-state index >= 15 is 0 Å². The van der Waals surface area contributed by atoms with Gasteiger partial charge in [0.05, 0.1) is 23.7 Å². The van der Waals surface area contributed by atoms with Crippen LogP contribution in [0.1, 0.15) is 30.8 Å². The third-order valence-corrected chi connectivity index (χ3v) is 3.01. The van der Waals surface area contributed by atoms with E-state index in [1.54, 1.807) is 13.1 Å². The highest BCUT2D eigenvalue weighted by Crippen LogP contribution is 2.18. The zero-order chi connectivity index (χ0) is 12.8. The lowest BCUT2D eigenvalue weighted by Gasteiger charge is -2.16. The normalized spacial score (nSPS) is 14.4. The predicted octanol–water partition coefficient (Wildman–Crippen LogP) is 0.849. The van der Waals surface area contributed by atoms with E-state index in [4.69, 9.17) is 0 Å². The Labute approximate surface area is 104 Å². The lowest BCUT2D eigenvalue weighted by Crippen LogP contribution is -2.20. The van der Waals surface area contributed by atoms with E-state index in [0.717, 1.165) is 11.8 Å². The van der Waals surface area contributed by atoms with Crippen molar-refractivity contribution in [2.75, 3.05) is 5.75 Å². The molecule has 2 N–H and O–H groups in total. The topological polar surface area (TPSA) is 83.3 Å². The summed E-state index contributed by atoms with van der Waals surface area (Å²) >= 11 is 1.13. The van der Waals surface area contributed by atoms with Crippen LogP contribution in [0.2, 0.25) is 0 Å². The zero-order valence-electron chi connectivity index (χ0n) is 9.83. The van der Waals surface area contributed by atoms with Crippen LogP contribution < -0.4 is 0 Å². The lowest BCUT2D eigenvalue weighted by atomic mass is 10.1. The molecule has 0 amide bonds. The molecule has 0 aliphatic carbocycles. The number of aryl methyl sites for hydroxylation is 1. The molecule has 0 aliphatic rings. The fourth-order valence-electron chi connectivity index (χ4n) is 1.30. The van der Waals surface area contributed by atoms with Gasteiger partial charge in [0.15, 0.2) is 5.12 Å². The second-order valence-corrected chi connectivity index (χ2v) is 5.00. The van der Waals surface area contributed by atoms with Crippen LogP contribution in [-0.4, -0.2) is 37.2 Å². The first kappa shape index (κ1) is 14.1. The van der Waals surface area contributed by atoms with E-state index in [0.29, 0.717) is 23.6 Å². The molecule has 94 valence electrons. The minimum Gasteiger partial charge on any atom is -0.390 e. The maximum Gasteiger partial charge on any atom is 0.185 e. The maximum atomic E-state index is 10.7. The van der Waals surface area contributed by atoms with Crippen LogP contribution in [0.3, 0.4) is 0 Å². The van der Waals surface area contributed by atoms with Crippen molar-refractivity contribution >= 4 is 16.9 Å². The maximum absolute atomic E-state index is 10.7. The first-order valence-electron chi connectivity index (χ1n) is 5.28.